The normalized spacial score (nSPS) is 12.4. The van der Waals surface area contributed by atoms with Gasteiger partial charge in [-0.25, -0.2) is 0 Å². The van der Waals surface area contributed by atoms with Crippen molar-refractivity contribution in [3.8, 4) is 5.75 Å². The molecule has 0 aliphatic rings. The van der Waals surface area contributed by atoms with Crippen molar-refractivity contribution in [2.24, 2.45) is 5.73 Å². The Morgan fingerprint density at radius 3 is 2.62 bits per heavy atom. The van der Waals surface area contributed by atoms with Crippen LogP contribution in [-0.4, -0.2) is 16.0 Å². The van der Waals surface area contributed by atoms with Crippen molar-refractivity contribution >= 4 is 50.1 Å². The third-order valence-electron chi connectivity index (χ3n) is 3.96. The van der Waals surface area contributed by atoms with E-state index in [-0.39, 0.29) is 22.4 Å². The van der Waals surface area contributed by atoms with E-state index in [0.29, 0.717) is 18.4 Å². The van der Waals surface area contributed by atoms with Gasteiger partial charge in [0.15, 0.2) is 0 Å². The summed E-state index contributed by atoms with van der Waals surface area (Å²) in [7, 11) is 0. The first kappa shape index (κ1) is 17.0. The van der Waals surface area contributed by atoms with Crippen LogP contribution in [-0.2, 0) is 11.2 Å². The smallest absolute Gasteiger partial charge is 0.305 e. The van der Waals surface area contributed by atoms with Crippen LogP contribution in [0.25, 0.3) is 10.2 Å². The Morgan fingerprint density at radius 2 is 1.96 bits per heavy atom. The zero-order chi connectivity index (χ0) is 17.3. The first-order chi connectivity index (χ1) is 11.5. The lowest BCUT2D eigenvalue weighted by atomic mass is 9.92. The molecule has 124 valence electrons. The van der Waals surface area contributed by atoms with Crippen LogP contribution in [0.5, 0.6) is 5.75 Å². The van der Waals surface area contributed by atoms with Gasteiger partial charge in [0.05, 0.1) is 10.6 Å². The number of phenolic OH excluding ortho intramolecular Hbond substituents is 1. The van der Waals surface area contributed by atoms with Crippen molar-refractivity contribution in [1.29, 1.82) is 0 Å². The molecule has 4 N–H and O–H groups in total. The number of aromatic hydroxyl groups is 1. The van der Waals surface area contributed by atoms with Crippen molar-refractivity contribution in [3.05, 3.63) is 60.8 Å². The predicted octanol–water partition coefficient (Wildman–Crippen LogP) is 3.10. The van der Waals surface area contributed by atoms with Gasteiger partial charge in [-0.05, 0) is 64.8 Å². The number of nitrogens with one attached hydrogen (secondary N) is 1. The first-order valence-electron chi connectivity index (χ1n) is 7.34. The Hall–Kier alpha value is -1.87. The number of phenols is 1. The molecule has 1 heterocycles. The minimum atomic E-state index is -0.387. The first-order valence-corrected chi connectivity index (χ1v) is 9.23. The number of benzene rings is 2. The molecule has 3 aromatic rings. The Balaban J connectivity index is 1.88. The Kier molecular flexibility index (Phi) is 4.91. The van der Waals surface area contributed by atoms with Gasteiger partial charge < -0.3 is 15.8 Å². The highest BCUT2D eigenvalue weighted by Crippen LogP contribution is 2.30. The third-order valence-corrected chi connectivity index (χ3v) is 5.63. The van der Waals surface area contributed by atoms with Gasteiger partial charge in [-0.3, -0.25) is 9.59 Å². The molecule has 24 heavy (non-hydrogen) atoms. The maximum Gasteiger partial charge on any atom is 0.305 e. The number of nitrogens with two attached hydrogens (primary N) is 1. The van der Waals surface area contributed by atoms with E-state index in [1.54, 1.807) is 12.1 Å². The highest BCUT2D eigenvalue weighted by atomic mass is 127. The van der Waals surface area contributed by atoms with Gasteiger partial charge in [0.2, 0.25) is 5.91 Å². The van der Waals surface area contributed by atoms with Gasteiger partial charge in [0.1, 0.15) is 11.3 Å². The van der Waals surface area contributed by atoms with E-state index in [2.05, 4.69) is 27.6 Å². The summed E-state index contributed by atoms with van der Waals surface area (Å²) in [5.74, 6) is -0.703. The number of aromatic nitrogens is 1. The average molecular weight is 454 g/mol. The number of fused-ring (bicyclic) bond motifs is 1. The molecule has 0 saturated heterocycles. The number of amides is 1. The molecule has 0 saturated carbocycles. The lowest BCUT2D eigenvalue weighted by Gasteiger charge is -2.14. The monoisotopic (exact) mass is 454 g/mol. The van der Waals surface area contributed by atoms with Crippen LogP contribution in [0, 0.1) is 3.57 Å². The molecule has 3 rings (SSSR count). The highest BCUT2D eigenvalue weighted by molar-refractivity contribution is 14.1. The van der Waals surface area contributed by atoms with Crippen molar-refractivity contribution < 1.29 is 9.90 Å². The van der Waals surface area contributed by atoms with Crippen LogP contribution in [0.1, 0.15) is 23.5 Å². The molecular weight excluding hydrogens is 439 g/mol. The molecule has 1 atom stereocenters. The fourth-order valence-corrected chi connectivity index (χ4v) is 3.99. The molecule has 1 aromatic heterocycles. The number of thiazole rings is 1. The lowest BCUT2D eigenvalue weighted by Crippen LogP contribution is -2.22. The van der Waals surface area contributed by atoms with Crippen LogP contribution in [0.3, 0.4) is 0 Å². The van der Waals surface area contributed by atoms with Gasteiger partial charge in [0.25, 0.3) is 0 Å². The molecule has 0 radical (unpaired) electrons. The number of rotatable bonds is 5. The van der Waals surface area contributed by atoms with E-state index in [4.69, 9.17) is 5.73 Å². The number of hydrogen-bond acceptors (Lipinski definition) is 4. The van der Waals surface area contributed by atoms with Crippen molar-refractivity contribution in [2.75, 3.05) is 0 Å². The summed E-state index contributed by atoms with van der Waals surface area (Å²) in [6.45, 7) is 0. The molecule has 0 aliphatic carbocycles. The molecule has 0 spiro atoms. The predicted molar refractivity (Wildman–Crippen MR) is 104 cm³/mol. The van der Waals surface area contributed by atoms with E-state index in [9.17, 15) is 14.7 Å². The van der Waals surface area contributed by atoms with Crippen LogP contribution in [0.15, 0.2) is 41.2 Å². The van der Waals surface area contributed by atoms with Gasteiger partial charge in [-0.1, -0.05) is 29.5 Å². The summed E-state index contributed by atoms with van der Waals surface area (Å²) in [5.41, 5.74) is 7.84. The van der Waals surface area contributed by atoms with Crippen molar-refractivity contribution in [3.63, 3.8) is 0 Å². The lowest BCUT2D eigenvalue weighted by molar-refractivity contribution is -0.119. The molecule has 1 unspecified atom stereocenters. The molecule has 0 aliphatic heterocycles. The maximum absolute atomic E-state index is 11.9. The van der Waals surface area contributed by atoms with Crippen molar-refractivity contribution in [1.82, 2.24) is 4.98 Å². The summed E-state index contributed by atoms with van der Waals surface area (Å²) >= 11 is 3.27. The molecule has 7 heteroatoms. The second kappa shape index (κ2) is 6.94. The van der Waals surface area contributed by atoms with E-state index in [1.807, 2.05) is 24.3 Å². The van der Waals surface area contributed by atoms with E-state index in [1.165, 1.54) is 0 Å². The second-order valence-electron chi connectivity index (χ2n) is 5.51. The number of hydrogen-bond donors (Lipinski definition) is 3. The minimum Gasteiger partial charge on any atom is -0.506 e. The summed E-state index contributed by atoms with van der Waals surface area (Å²) in [4.78, 5) is 25.8. The van der Waals surface area contributed by atoms with Gasteiger partial charge >= 0.3 is 4.87 Å². The van der Waals surface area contributed by atoms with Crippen LogP contribution < -0.4 is 10.6 Å². The van der Waals surface area contributed by atoms with Crippen LogP contribution in [0.4, 0.5) is 0 Å². The van der Waals surface area contributed by atoms with Gasteiger partial charge in [-0.2, -0.15) is 0 Å². The average Bonchev–Trinajstić information content (AvgIpc) is 2.93. The van der Waals surface area contributed by atoms with Crippen LogP contribution >= 0.6 is 33.9 Å². The fraction of sp³-hybridized carbons (Fsp3) is 0.176. The Morgan fingerprint density at radius 1 is 1.25 bits per heavy atom. The van der Waals surface area contributed by atoms with Crippen LogP contribution in [0.2, 0.25) is 0 Å². The number of halogens is 1. The number of H-pyrrole nitrogens is 1. The summed E-state index contributed by atoms with van der Waals surface area (Å²) < 4.78 is 1.82. The summed E-state index contributed by atoms with van der Waals surface area (Å²) in [6, 6.07) is 11.1. The summed E-state index contributed by atoms with van der Waals surface area (Å²) in [6.07, 6.45) is 1.13. The number of carbonyl (C=O) groups excluding carboxylic acids is 1. The van der Waals surface area contributed by atoms with Gasteiger partial charge in [-0.15, -0.1) is 0 Å². The number of aryl methyl sites for hydroxylation is 1. The molecule has 2 aromatic carbocycles. The third kappa shape index (κ3) is 3.46. The standard InChI is InChI=1S/C17H15IN2O3S/c18-11-5-1-9(2-6-11)12(16(19)22)7-3-10-4-8-13(21)14-15(10)24-17(23)20-14/h1-2,4-6,8,12,21H,3,7H2,(H2,19,22)(H,20,23). The molecule has 1 amide bonds. The maximum atomic E-state index is 11.9. The number of aromatic amines is 1. The zero-order valence-electron chi connectivity index (χ0n) is 12.6. The number of carbonyl (C=O) groups is 1. The van der Waals surface area contributed by atoms with Gasteiger partial charge in [0, 0.05) is 3.57 Å². The fourth-order valence-electron chi connectivity index (χ4n) is 2.74. The Bertz CT molecular complexity index is 947. The summed E-state index contributed by atoms with van der Waals surface area (Å²) in [5, 5.41) is 9.84. The SMILES string of the molecule is NC(=O)C(CCc1ccc(O)c2[nH]c(=O)sc12)c1ccc(I)cc1. The van der Waals surface area contributed by atoms with E-state index >= 15 is 0 Å². The quantitative estimate of drug-likeness (QED) is 0.517. The molecule has 0 fully saturated rings. The van der Waals surface area contributed by atoms with E-state index in [0.717, 1.165) is 30.7 Å². The molecular formula is C17H15IN2O3S. The second-order valence-corrected chi connectivity index (χ2v) is 7.74. The zero-order valence-corrected chi connectivity index (χ0v) is 15.6. The highest BCUT2D eigenvalue weighted by Gasteiger charge is 2.19. The van der Waals surface area contributed by atoms with E-state index < -0.39 is 0 Å². The van der Waals surface area contributed by atoms with Crippen molar-refractivity contribution in [2.45, 2.75) is 18.8 Å². The number of primary amides is 1. The topological polar surface area (TPSA) is 96.2 Å². The molecule has 5 nitrogen and oxygen atoms in total. The minimum absolute atomic E-state index is 0.0520. The molecule has 0 bridgehead atoms. The Labute approximate surface area is 155 Å². The largest absolute Gasteiger partial charge is 0.506 e.